The fraction of sp³-hybridized carbons (Fsp3) is 0.467. The molecule has 0 spiro atoms. The van der Waals surface area contributed by atoms with Gasteiger partial charge < -0.3 is 9.72 Å². The van der Waals surface area contributed by atoms with Gasteiger partial charge in [-0.05, 0) is 66.4 Å². The number of aromatic nitrogens is 5. The van der Waals surface area contributed by atoms with Crippen LogP contribution in [0, 0.1) is 13.8 Å². The van der Waals surface area contributed by atoms with Crippen molar-refractivity contribution in [1.29, 1.82) is 0 Å². The van der Waals surface area contributed by atoms with E-state index in [9.17, 15) is 4.79 Å². The largest absolute Gasteiger partial charge is 0.379 e. The summed E-state index contributed by atoms with van der Waals surface area (Å²) in [6, 6.07) is 16.5. The topological polar surface area (TPSA) is 92.2 Å². The van der Waals surface area contributed by atoms with E-state index in [1.807, 2.05) is 29.8 Å². The first kappa shape index (κ1) is 27.2. The van der Waals surface area contributed by atoms with Crippen LogP contribution in [0.2, 0.25) is 0 Å². The van der Waals surface area contributed by atoms with E-state index in [-0.39, 0.29) is 11.6 Å². The minimum atomic E-state index is -0.0342. The number of nitrogens with one attached hydrogen (secondary N) is 1. The van der Waals surface area contributed by atoms with Crippen LogP contribution in [-0.2, 0) is 17.8 Å². The summed E-state index contributed by atoms with van der Waals surface area (Å²) < 4.78 is 7.42. The number of morpholine rings is 1. The van der Waals surface area contributed by atoms with Gasteiger partial charge in [-0.2, -0.15) is 0 Å². The average molecular weight is 530 g/mol. The Hall–Kier alpha value is -3.40. The third kappa shape index (κ3) is 6.43. The van der Waals surface area contributed by atoms with Crippen molar-refractivity contribution < 1.29 is 4.74 Å². The lowest BCUT2D eigenvalue weighted by Gasteiger charge is -2.32. The molecule has 2 aromatic heterocycles. The smallest absolute Gasteiger partial charge is 0.252 e. The molecule has 0 bridgehead atoms. The second-order valence-corrected chi connectivity index (χ2v) is 10.5. The summed E-state index contributed by atoms with van der Waals surface area (Å²) in [7, 11) is 0. The monoisotopic (exact) mass is 529 g/mol. The zero-order valence-electron chi connectivity index (χ0n) is 23.3. The van der Waals surface area contributed by atoms with Crippen molar-refractivity contribution in [3.05, 3.63) is 87.0 Å². The molecule has 1 aliphatic rings. The van der Waals surface area contributed by atoms with E-state index in [0.29, 0.717) is 13.1 Å². The van der Waals surface area contributed by atoms with Crippen LogP contribution < -0.4 is 5.56 Å². The molecule has 1 saturated heterocycles. The third-order valence-electron chi connectivity index (χ3n) is 7.78. The van der Waals surface area contributed by atoms with E-state index in [4.69, 9.17) is 4.74 Å². The molecule has 206 valence electrons. The van der Waals surface area contributed by atoms with Gasteiger partial charge in [0.25, 0.3) is 5.56 Å². The van der Waals surface area contributed by atoms with Gasteiger partial charge in [0.05, 0.1) is 31.3 Å². The van der Waals surface area contributed by atoms with Gasteiger partial charge in [0.2, 0.25) is 0 Å². The van der Waals surface area contributed by atoms with Gasteiger partial charge in [0.15, 0.2) is 5.82 Å². The predicted molar refractivity (Wildman–Crippen MR) is 153 cm³/mol. The Morgan fingerprint density at radius 3 is 2.62 bits per heavy atom. The van der Waals surface area contributed by atoms with Gasteiger partial charge in [-0.3, -0.25) is 14.6 Å². The Kier molecular flexibility index (Phi) is 8.81. The molecule has 5 rings (SSSR count). The molecule has 0 aliphatic carbocycles. The maximum Gasteiger partial charge on any atom is 0.252 e. The molecule has 2 aromatic carbocycles. The zero-order valence-corrected chi connectivity index (χ0v) is 23.3. The van der Waals surface area contributed by atoms with E-state index < -0.39 is 0 Å². The second kappa shape index (κ2) is 12.6. The highest BCUT2D eigenvalue weighted by molar-refractivity contribution is 5.85. The van der Waals surface area contributed by atoms with E-state index in [1.165, 1.54) is 0 Å². The molecule has 4 aromatic rings. The number of hydrogen-bond acceptors (Lipinski definition) is 7. The van der Waals surface area contributed by atoms with Gasteiger partial charge in [0.1, 0.15) is 0 Å². The Morgan fingerprint density at radius 2 is 1.85 bits per heavy atom. The Bertz CT molecular complexity index is 1430. The summed E-state index contributed by atoms with van der Waals surface area (Å²) in [5.41, 5.74) is 5.04. The minimum absolute atomic E-state index is 0.0258. The quantitative estimate of drug-likeness (QED) is 0.315. The van der Waals surface area contributed by atoms with Gasteiger partial charge in [-0.1, -0.05) is 49.4 Å². The van der Waals surface area contributed by atoms with Crippen LogP contribution in [0.3, 0.4) is 0 Å². The summed E-state index contributed by atoms with van der Waals surface area (Å²) in [5, 5.41) is 14.0. The van der Waals surface area contributed by atoms with Crippen molar-refractivity contribution in [3.8, 4) is 0 Å². The predicted octanol–water partition coefficient (Wildman–Crippen LogP) is 3.86. The number of ether oxygens (including phenoxy) is 1. The van der Waals surface area contributed by atoms with Gasteiger partial charge in [-0.15, -0.1) is 5.10 Å². The zero-order chi connectivity index (χ0) is 27.2. The van der Waals surface area contributed by atoms with E-state index in [0.717, 1.165) is 91.2 Å². The number of aromatic amines is 1. The van der Waals surface area contributed by atoms with E-state index in [2.05, 4.69) is 74.5 Å². The first-order chi connectivity index (χ1) is 19.0. The highest BCUT2D eigenvalue weighted by atomic mass is 16.5. The fourth-order valence-corrected chi connectivity index (χ4v) is 5.54. The lowest BCUT2D eigenvalue weighted by Crippen LogP contribution is -2.39. The number of fused-ring (bicyclic) bond motifs is 1. The molecule has 1 N–H and O–H groups in total. The lowest BCUT2D eigenvalue weighted by atomic mass is 10.0. The number of nitrogens with zero attached hydrogens (tertiary/aromatic N) is 6. The first-order valence-electron chi connectivity index (χ1n) is 14.0. The molecule has 1 aliphatic heterocycles. The SMILES string of the molecule is CC[C@H](c1nnnn1Cc1ccccc1)N(CCCN1CCOCC1)Cc1cc2c(C)ccc(C)c2[nH]c1=O. The highest BCUT2D eigenvalue weighted by Gasteiger charge is 2.26. The number of tetrazole rings is 1. The number of aryl methyl sites for hydroxylation is 2. The molecule has 0 amide bonds. The summed E-state index contributed by atoms with van der Waals surface area (Å²) in [4.78, 5) is 21.3. The number of H-pyrrole nitrogens is 1. The van der Waals surface area contributed by atoms with E-state index >= 15 is 0 Å². The van der Waals surface area contributed by atoms with Gasteiger partial charge in [0, 0.05) is 37.1 Å². The van der Waals surface area contributed by atoms with Crippen LogP contribution >= 0.6 is 0 Å². The van der Waals surface area contributed by atoms with Crippen LogP contribution in [0.1, 0.15) is 53.9 Å². The average Bonchev–Trinajstić information content (AvgIpc) is 3.40. The van der Waals surface area contributed by atoms with Crippen LogP contribution in [0.5, 0.6) is 0 Å². The number of hydrogen-bond donors (Lipinski definition) is 1. The molecular weight excluding hydrogens is 490 g/mol. The van der Waals surface area contributed by atoms with Crippen LogP contribution in [0.25, 0.3) is 10.9 Å². The maximum atomic E-state index is 13.3. The van der Waals surface area contributed by atoms with Crippen molar-refractivity contribution in [3.63, 3.8) is 0 Å². The van der Waals surface area contributed by atoms with Crippen LogP contribution in [-0.4, -0.2) is 74.4 Å². The third-order valence-corrected chi connectivity index (χ3v) is 7.78. The van der Waals surface area contributed by atoms with Gasteiger partial charge >= 0.3 is 0 Å². The molecule has 0 unspecified atom stereocenters. The second-order valence-electron chi connectivity index (χ2n) is 10.5. The van der Waals surface area contributed by atoms with Gasteiger partial charge in [-0.25, -0.2) is 4.68 Å². The van der Waals surface area contributed by atoms with Crippen molar-refractivity contribution in [2.75, 3.05) is 39.4 Å². The normalized spacial score (nSPS) is 15.3. The number of rotatable bonds is 11. The minimum Gasteiger partial charge on any atom is -0.379 e. The van der Waals surface area contributed by atoms with Crippen molar-refractivity contribution in [1.82, 2.24) is 35.0 Å². The summed E-state index contributed by atoms with van der Waals surface area (Å²) in [5.74, 6) is 0.831. The number of benzene rings is 2. The fourth-order valence-electron chi connectivity index (χ4n) is 5.54. The Labute approximate surface area is 229 Å². The molecule has 39 heavy (non-hydrogen) atoms. The maximum absolute atomic E-state index is 13.3. The van der Waals surface area contributed by atoms with Crippen molar-refractivity contribution in [2.45, 2.75) is 52.7 Å². The molecule has 3 heterocycles. The summed E-state index contributed by atoms with van der Waals surface area (Å²) in [6.45, 7) is 12.8. The molecule has 0 saturated carbocycles. The molecule has 1 fully saturated rings. The molecular formula is C30H39N7O2. The van der Waals surface area contributed by atoms with Crippen LogP contribution in [0.15, 0.2) is 53.3 Å². The Balaban J connectivity index is 1.44. The molecule has 1 atom stereocenters. The van der Waals surface area contributed by atoms with Crippen molar-refractivity contribution >= 4 is 10.9 Å². The van der Waals surface area contributed by atoms with Crippen LogP contribution in [0.4, 0.5) is 0 Å². The highest BCUT2D eigenvalue weighted by Crippen LogP contribution is 2.26. The van der Waals surface area contributed by atoms with Crippen molar-refractivity contribution in [2.24, 2.45) is 0 Å². The lowest BCUT2D eigenvalue weighted by molar-refractivity contribution is 0.0349. The van der Waals surface area contributed by atoms with E-state index in [1.54, 1.807) is 0 Å². The molecule has 9 nitrogen and oxygen atoms in total. The summed E-state index contributed by atoms with van der Waals surface area (Å²) >= 11 is 0. The first-order valence-corrected chi connectivity index (χ1v) is 14.0. The summed E-state index contributed by atoms with van der Waals surface area (Å²) in [6.07, 6.45) is 1.82. The molecule has 9 heteroatoms. The standard InChI is InChI=1S/C30H39N7O2/c1-4-27(29-32-33-34-37(29)20-24-9-6-5-7-10-24)36(14-8-13-35-15-17-39-18-16-35)21-25-19-26-22(2)11-12-23(3)28(26)31-30(25)38/h5-7,9-12,19,27H,4,8,13-18,20-21H2,1-3H3,(H,31,38)/t27-/m1/s1. The Morgan fingerprint density at radius 1 is 1.08 bits per heavy atom. The number of pyridine rings is 1. The molecule has 0 radical (unpaired) electrons.